The van der Waals surface area contributed by atoms with E-state index >= 15 is 0 Å². The molecule has 0 radical (unpaired) electrons. The van der Waals surface area contributed by atoms with Gasteiger partial charge in [-0.25, -0.2) is 0 Å². The van der Waals surface area contributed by atoms with Crippen LogP contribution in [0.1, 0.15) is 6.92 Å². The quantitative estimate of drug-likeness (QED) is 0.688. The summed E-state index contributed by atoms with van der Waals surface area (Å²) in [7, 11) is 0. The van der Waals surface area contributed by atoms with Crippen LogP contribution in [-0.2, 0) is 0 Å². The fraction of sp³-hybridized carbons (Fsp3) is 0.667. The highest BCUT2D eigenvalue weighted by Gasteiger charge is 1.98. The topological polar surface area (TPSA) is 26.0 Å². The molecule has 0 heterocycles. The highest BCUT2D eigenvalue weighted by Crippen LogP contribution is 2.13. The van der Waals surface area contributed by atoms with Gasteiger partial charge in [-0.05, 0) is 0 Å². The molecule has 1 nitrogen and oxygen atoms in total. The summed E-state index contributed by atoms with van der Waals surface area (Å²) in [5, 5.41) is 1.18. The van der Waals surface area contributed by atoms with Crippen molar-refractivity contribution in [3.05, 3.63) is 11.6 Å². The molecule has 0 spiro atoms. The first-order valence-electron chi connectivity index (χ1n) is 2.81. The molecule has 3 heteroatoms. The van der Waals surface area contributed by atoms with E-state index in [1.807, 2.05) is 0 Å². The number of hydrogen-bond donors (Lipinski definition) is 1. The molecule has 1 unspecified atom stereocenters. The molecular weight excluding hydrogens is 154 g/mol. The zero-order chi connectivity index (χ0) is 7.28. The zero-order valence-corrected chi connectivity index (χ0v) is 7.13. The van der Waals surface area contributed by atoms with Gasteiger partial charge in [-0.3, -0.25) is 0 Å². The summed E-state index contributed by atoms with van der Waals surface area (Å²) in [4.78, 5) is 0. The van der Waals surface area contributed by atoms with Crippen LogP contribution in [0.4, 0.5) is 0 Å². The first kappa shape index (κ1) is 9.34. The van der Waals surface area contributed by atoms with Crippen molar-refractivity contribution < 1.29 is 0 Å². The molecule has 0 aliphatic heterocycles. The Balaban J connectivity index is 3.16. The maximum Gasteiger partial charge on any atom is 0.0289 e. The van der Waals surface area contributed by atoms with Gasteiger partial charge in [0.1, 0.15) is 0 Å². The predicted octanol–water partition coefficient (Wildman–Crippen LogP) is 1.82. The molecule has 0 aliphatic carbocycles. The van der Waals surface area contributed by atoms with Gasteiger partial charge in [-0.1, -0.05) is 25.1 Å². The second kappa shape index (κ2) is 5.15. The van der Waals surface area contributed by atoms with Gasteiger partial charge in [0.05, 0.1) is 0 Å². The number of nitrogens with two attached hydrogens (primary N) is 1. The first-order chi connectivity index (χ1) is 4.16. The fourth-order valence-corrected chi connectivity index (χ4v) is 1.09. The minimum absolute atomic E-state index is 0.487. The van der Waals surface area contributed by atoms with Gasteiger partial charge in [-0.15, -0.1) is 0 Å². The van der Waals surface area contributed by atoms with E-state index in [2.05, 4.69) is 13.5 Å². The number of hydrogen-bond acceptors (Lipinski definition) is 2. The van der Waals surface area contributed by atoms with E-state index in [0.717, 1.165) is 5.75 Å². The summed E-state index contributed by atoms with van der Waals surface area (Å²) in [6.07, 6.45) is 0. The molecule has 0 amide bonds. The van der Waals surface area contributed by atoms with Crippen molar-refractivity contribution in [1.82, 2.24) is 0 Å². The third kappa shape index (κ3) is 6.22. The Morgan fingerprint density at radius 2 is 2.44 bits per heavy atom. The molecule has 0 fully saturated rings. The van der Waals surface area contributed by atoms with Crippen LogP contribution in [0.5, 0.6) is 0 Å². The molecule has 0 rings (SSSR count). The molecule has 1 atom stereocenters. The molecular formula is C6H12ClNS. The SMILES string of the molecule is C=C(Cl)CSC(C)CN. The van der Waals surface area contributed by atoms with Crippen LogP contribution in [0.15, 0.2) is 11.6 Å². The lowest BCUT2D eigenvalue weighted by Crippen LogP contribution is -2.12. The molecule has 9 heavy (non-hydrogen) atoms. The summed E-state index contributed by atoms with van der Waals surface area (Å²) in [5.74, 6) is 0.805. The van der Waals surface area contributed by atoms with Gasteiger partial charge in [0.2, 0.25) is 0 Å². The van der Waals surface area contributed by atoms with E-state index in [0.29, 0.717) is 16.8 Å². The van der Waals surface area contributed by atoms with Gasteiger partial charge in [0.25, 0.3) is 0 Å². The summed E-state index contributed by atoms with van der Waals surface area (Å²) < 4.78 is 0. The van der Waals surface area contributed by atoms with E-state index in [1.54, 1.807) is 11.8 Å². The smallest absolute Gasteiger partial charge is 0.0289 e. The van der Waals surface area contributed by atoms with Gasteiger partial charge < -0.3 is 5.73 Å². The Morgan fingerprint density at radius 1 is 1.89 bits per heavy atom. The van der Waals surface area contributed by atoms with Crippen molar-refractivity contribution in [2.75, 3.05) is 12.3 Å². The van der Waals surface area contributed by atoms with Gasteiger partial charge in [0, 0.05) is 22.6 Å². The van der Waals surface area contributed by atoms with Crippen molar-refractivity contribution in [2.24, 2.45) is 5.73 Å². The number of thioether (sulfide) groups is 1. The van der Waals surface area contributed by atoms with E-state index in [-0.39, 0.29) is 0 Å². The maximum atomic E-state index is 5.52. The molecule has 0 bridgehead atoms. The first-order valence-corrected chi connectivity index (χ1v) is 4.24. The highest BCUT2D eigenvalue weighted by molar-refractivity contribution is 8.00. The van der Waals surface area contributed by atoms with Gasteiger partial charge in [0.15, 0.2) is 0 Å². The monoisotopic (exact) mass is 165 g/mol. The van der Waals surface area contributed by atoms with Crippen LogP contribution in [0.25, 0.3) is 0 Å². The third-order valence-corrected chi connectivity index (χ3v) is 2.43. The summed E-state index contributed by atoms with van der Waals surface area (Å²) in [5.41, 5.74) is 5.36. The van der Waals surface area contributed by atoms with Crippen molar-refractivity contribution in [1.29, 1.82) is 0 Å². The molecule has 0 aliphatic rings. The van der Waals surface area contributed by atoms with Crippen LogP contribution in [0.2, 0.25) is 0 Å². The van der Waals surface area contributed by atoms with E-state index in [1.165, 1.54) is 0 Å². The normalized spacial score (nSPS) is 13.2. The minimum Gasteiger partial charge on any atom is -0.329 e. The Labute approximate surface area is 65.6 Å². The average Bonchev–Trinajstić information content (AvgIpc) is 1.83. The standard InChI is InChI=1S/C6H12ClNS/c1-5(7)4-9-6(2)3-8/h6H,1,3-4,8H2,2H3. The average molecular weight is 166 g/mol. The molecule has 54 valence electrons. The van der Waals surface area contributed by atoms with Gasteiger partial charge >= 0.3 is 0 Å². The lowest BCUT2D eigenvalue weighted by molar-refractivity contribution is 0.953. The van der Waals surface area contributed by atoms with Crippen molar-refractivity contribution in [3.63, 3.8) is 0 Å². The van der Waals surface area contributed by atoms with Gasteiger partial charge in [-0.2, -0.15) is 11.8 Å². The molecule has 2 N–H and O–H groups in total. The summed E-state index contributed by atoms with van der Waals surface area (Å²) >= 11 is 7.25. The Bertz CT molecular complexity index is 95.1. The van der Waals surface area contributed by atoms with Crippen molar-refractivity contribution >= 4 is 23.4 Å². The lowest BCUT2D eigenvalue weighted by Gasteiger charge is -2.05. The van der Waals surface area contributed by atoms with Crippen LogP contribution >= 0.6 is 23.4 Å². The Morgan fingerprint density at radius 3 is 2.78 bits per heavy atom. The largest absolute Gasteiger partial charge is 0.329 e. The second-order valence-corrected chi connectivity index (χ2v) is 3.84. The molecule has 0 aromatic rings. The summed E-state index contributed by atoms with van der Waals surface area (Å²) in [6.45, 7) is 6.34. The minimum atomic E-state index is 0.487. The highest BCUT2D eigenvalue weighted by atomic mass is 35.5. The van der Waals surface area contributed by atoms with E-state index in [4.69, 9.17) is 17.3 Å². The maximum absolute atomic E-state index is 5.52. The third-order valence-electron chi connectivity index (χ3n) is 0.856. The fourth-order valence-electron chi connectivity index (χ4n) is 0.301. The van der Waals surface area contributed by atoms with Crippen LogP contribution < -0.4 is 5.73 Å². The lowest BCUT2D eigenvalue weighted by atomic mass is 10.5. The van der Waals surface area contributed by atoms with Crippen LogP contribution in [0, 0.1) is 0 Å². The second-order valence-electron chi connectivity index (χ2n) is 1.87. The zero-order valence-electron chi connectivity index (χ0n) is 5.56. The molecule has 0 saturated heterocycles. The van der Waals surface area contributed by atoms with Crippen molar-refractivity contribution in [2.45, 2.75) is 12.2 Å². The van der Waals surface area contributed by atoms with Crippen molar-refractivity contribution in [3.8, 4) is 0 Å². The molecule has 0 aromatic carbocycles. The van der Waals surface area contributed by atoms with Crippen LogP contribution in [-0.4, -0.2) is 17.5 Å². The van der Waals surface area contributed by atoms with E-state index in [9.17, 15) is 0 Å². The molecule has 0 saturated carbocycles. The Kier molecular flexibility index (Phi) is 5.35. The number of halogens is 1. The number of rotatable bonds is 4. The predicted molar refractivity (Wildman–Crippen MR) is 46.0 cm³/mol. The van der Waals surface area contributed by atoms with E-state index < -0.39 is 0 Å². The summed E-state index contributed by atoms with van der Waals surface area (Å²) in [6, 6.07) is 0. The Hall–Kier alpha value is 0.340. The molecule has 0 aromatic heterocycles. The van der Waals surface area contributed by atoms with Crippen LogP contribution in [0.3, 0.4) is 0 Å².